The first-order valence-electron chi connectivity index (χ1n) is 12.5. The van der Waals surface area contributed by atoms with Crippen LogP contribution >= 0.6 is 11.6 Å². The van der Waals surface area contributed by atoms with Crippen molar-refractivity contribution in [2.45, 2.75) is 45.3 Å². The summed E-state index contributed by atoms with van der Waals surface area (Å²) in [6.45, 7) is 3.44. The summed E-state index contributed by atoms with van der Waals surface area (Å²) in [5.74, 6) is -0.825. The predicted octanol–water partition coefficient (Wildman–Crippen LogP) is 4.66. The monoisotopic (exact) mass is 555 g/mol. The molecular weight excluding hydrogens is 522 g/mol. The number of sulfonamides is 1. The van der Waals surface area contributed by atoms with Gasteiger partial charge in [0.2, 0.25) is 21.8 Å². The van der Waals surface area contributed by atoms with E-state index < -0.39 is 28.5 Å². The Morgan fingerprint density at radius 3 is 2.08 bits per heavy atom. The van der Waals surface area contributed by atoms with Crippen molar-refractivity contribution in [1.29, 1.82) is 0 Å². The van der Waals surface area contributed by atoms with Crippen LogP contribution in [0.1, 0.15) is 31.4 Å². The molecule has 3 rings (SSSR count). The van der Waals surface area contributed by atoms with E-state index in [-0.39, 0.29) is 24.9 Å². The molecule has 0 aliphatic rings. The number of hydrogen-bond donors (Lipinski definition) is 1. The van der Waals surface area contributed by atoms with Crippen molar-refractivity contribution in [3.05, 3.63) is 101 Å². The molecule has 38 heavy (non-hydrogen) atoms. The molecule has 0 heterocycles. The average Bonchev–Trinajstić information content (AvgIpc) is 2.90. The standard InChI is InChI=1S/C29H34ClN3O4S/c1-4-22(2)31-29(35)27(19-23-13-7-5-8-14-23)32(20-24-15-11-12-18-26(24)30)28(34)21-33(38(3,36)37)25-16-9-6-10-17-25/h5-18,22,27H,4,19-21H2,1-3H3,(H,31,35)/t22-,27+/m1/s1. The number of nitrogens with zero attached hydrogens (tertiary/aromatic N) is 2. The van der Waals surface area contributed by atoms with E-state index in [2.05, 4.69) is 5.32 Å². The van der Waals surface area contributed by atoms with Gasteiger partial charge in [0.15, 0.2) is 0 Å². The average molecular weight is 556 g/mol. The van der Waals surface area contributed by atoms with Gasteiger partial charge in [-0.1, -0.05) is 85.3 Å². The summed E-state index contributed by atoms with van der Waals surface area (Å²) in [6.07, 6.45) is 2.03. The van der Waals surface area contributed by atoms with Gasteiger partial charge >= 0.3 is 0 Å². The van der Waals surface area contributed by atoms with Crippen LogP contribution in [0.4, 0.5) is 5.69 Å². The third kappa shape index (κ3) is 8.07. The second-order valence-corrected chi connectivity index (χ2v) is 11.6. The lowest BCUT2D eigenvalue weighted by molar-refractivity contribution is -0.140. The van der Waals surface area contributed by atoms with Crippen LogP contribution in [-0.2, 0) is 32.6 Å². The molecule has 1 N–H and O–H groups in total. The van der Waals surface area contributed by atoms with E-state index in [1.165, 1.54) is 4.90 Å². The van der Waals surface area contributed by atoms with Crippen LogP contribution in [0.15, 0.2) is 84.9 Å². The van der Waals surface area contributed by atoms with Gasteiger partial charge in [-0.15, -0.1) is 0 Å². The highest BCUT2D eigenvalue weighted by molar-refractivity contribution is 7.92. The Kier molecular flexibility index (Phi) is 10.3. The summed E-state index contributed by atoms with van der Waals surface area (Å²) in [5.41, 5.74) is 1.89. The van der Waals surface area contributed by atoms with Gasteiger partial charge < -0.3 is 10.2 Å². The van der Waals surface area contributed by atoms with Crippen molar-refractivity contribution in [3.63, 3.8) is 0 Å². The predicted molar refractivity (Wildman–Crippen MR) is 152 cm³/mol. The lowest BCUT2D eigenvalue weighted by Gasteiger charge is -2.34. The zero-order valence-electron chi connectivity index (χ0n) is 21.9. The fourth-order valence-corrected chi connectivity index (χ4v) is 5.06. The molecule has 0 spiro atoms. The summed E-state index contributed by atoms with van der Waals surface area (Å²) in [5, 5.41) is 3.46. The van der Waals surface area contributed by atoms with Crippen LogP contribution in [-0.4, -0.2) is 50.0 Å². The van der Waals surface area contributed by atoms with Gasteiger partial charge in [-0.2, -0.15) is 0 Å². The number of para-hydroxylation sites is 1. The van der Waals surface area contributed by atoms with Crippen LogP contribution in [0.3, 0.4) is 0 Å². The number of carbonyl (C=O) groups is 2. The maximum absolute atomic E-state index is 14.0. The van der Waals surface area contributed by atoms with Gasteiger partial charge in [0.25, 0.3) is 0 Å². The number of halogens is 1. The van der Waals surface area contributed by atoms with Gasteiger partial charge in [0, 0.05) is 24.0 Å². The third-order valence-electron chi connectivity index (χ3n) is 6.29. The van der Waals surface area contributed by atoms with Crippen LogP contribution < -0.4 is 9.62 Å². The molecule has 3 aromatic rings. The molecule has 0 bridgehead atoms. The summed E-state index contributed by atoms with van der Waals surface area (Å²) >= 11 is 6.45. The Labute approximate surface area is 230 Å². The van der Waals surface area contributed by atoms with Gasteiger partial charge in [0.1, 0.15) is 12.6 Å². The van der Waals surface area contributed by atoms with Crippen LogP contribution in [0, 0.1) is 0 Å². The van der Waals surface area contributed by atoms with E-state index in [1.807, 2.05) is 50.2 Å². The maximum Gasteiger partial charge on any atom is 0.244 e. The number of carbonyl (C=O) groups excluding carboxylic acids is 2. The van der Waals surface area contributed by atoms with E-state index >= 15 is 0 Å². The summed E-state index contributed by atoms with van der Waals surface area (Å²) < 4.78 is 26.5. The van der Waals surface area contributed by atoms with Crippen molar-refractivity contribution in [1.82, 2.24) is 10.2 Å². The van der Waals surface area contributed by atoms with Crippen LogP contribution in [0.5, 0.6) is 0 Å². The van der Waals surface area contributed by atoms with Gasteiger partial charge in [-0.05, 0) is 42.7 Å². The highest BCUT2D eigenvalue weighted by atomic mass is 35.5. The highest BCUT2D eigenvalue weighted by Crippen LogP contribution is 2.23. The number of nitrogens with one attached hydrogen (secondary N) is 1. The number of amides is 2. The molecule has 0 saturated heterocycles. The second-order valence-electron chi connectivity index (χ2n) is 9.24. The van der Waals surface area contributed by atoms with Gasteiger partial charge in [0.05, 0.1) is 11.9 Å². The Bertz CT molecular complexity index is 1320. The van der Waals surface area contributed by atoms with Crippen molar-refractivity contribution < 1.29 is 18.0 Å². The third-order valence-corrected chi connectivity index (χ3v) is 7.80. The number of rotatable bonds is 12. The topological polar surface area (TPSA) is 86.8 Å². The molecule has 202 valence electrons. The minimum Gasteiger partial charge on any atom is -0.352 e. The largest absolute Gasteiger partial charge is 0.352 e. The molecule has 2 amide bonds. The minimum absolute atomic E-state index is 0.0380. The van der Waals surface area contributed by atoms with E-state index in [4.69, 9.17) is 11.6 Å². The molecule has 0 aromatic heterocycles. The normalized spacial score (nSPS) is 12.8. The Hall–Kier alpha value is -3.36. The fraction of sp³-hybridized carbons (Fsp3) is 0.310. The molecule has 0 radical (unpaired) electrons. The first kappa shape index (κ1) is 29.2. The molecule has 0 fully saturated rings. The molecule has 0 aliphatic carbocycles. The number of benzene rings is 3. The lowest BCUT2D eigenvalue weighted by atomic mass is 10.0. The fourth-order valence-electron chi connectivity index (χ4n) is 4.01. The van der Waals surface area contributed by atoms with Crippen molar-refractivity contribution >= 4 is 39.1 Å². The molecule has 9 heteroatoms. The SMILES string of the molecule is CC[C@@H](C)NC(=O)[C@H](Cc1ccccc1)N(Cc1ccccc1Cl)C(=O)CN(c1ccccc1)S(C)(=O)=O. The van der Waals surface area contributed by atoms with Crippen LogP contribution in [0.2, 0.25) is 5.02 Å². The van der Waals surface area contributed by atoms with Gasteiger partial charge in [-0.25, -0.2) is 8.42 Å². The zero-order chi connectivity index (χ0) is 27.7. The molecular formula is C29H34ClN3O4S. The Morgan fingerprint density at radius 1 is 0.921 bits per heavy atom. The van der Waals surface area contributed by atoms with Crippen LogP contribution in [0.25, 0.3) is 0 Å². The molecule has 2 atom stereocenters. The maximum atomic E-state index is 14.0. The molecule has 0 saturated carbocycles. The lowest BCUT2D eigenvalue weighted by Crippen LogP contribution is -2.54. The van der Waals surface area contributed by atoms with Gasteiger partial charge in [-0.3, -0.25) is 13.9 Å². The Morgan fingerprint density at radius 2 is 1.50 bits per heavy atom. The second kappa shape index (κ2) is 13.4. The zero-order valence-corrected chi connectivity index (χ0v) is 23.5. The Balaban J connectivity index is 2.05. The number of anilines is 1. The molecule has 3 aromatic carbocycles. The highest BCUT2D eigenvalue weighted by Gasteiger charge is 2.33. The smallest absolute Gasteiger partial charge is 0.244 e. The number of hydrogen-bond acceptors (Lipinski definition) is 4. The minimum atomic E-state index is -3.80. The summed E-state index contributed by atoms with van der Waals surface area (Å²) in [4.78, 5) is 29.0. The quantitative estimate of drug-likeness (QED) is 0.352. The molecule has 0 aliphatic heterocycles. The molecule has 0 unspecified atom stereocenters. The summed E-state index contributed by atoms with van der Waals surface area (Å²) in [7, 11) is -3.80. The summed E-state index contributed by atoms with van der Waals surface area (Å²) in [6, 6.07) is 24.0. The van der Waals surface area contributed by atoms with Crippen molar-refractivity contribution in [3.8, 4) is 0 Å². The van der Waals surface area contributed by atoms with E-state index in [9.17, 15) is 18.0 Å². The first-order valence-corrected chi connectivity index (χ1v) is 14.7. The van der Waals surface area contributed by atoms with E-state index in [0.717, 1.165) is 22.5 Å². The van der Waals surface area contributed by atoms with Crippen molar-refractivity contribution in [2.24, 2.45) is 0 Å². The molecule has 7 nitrogen and oxygen atoms in total. The first-order chi connectivity index (χ1) is 18.1. The van der Waals surface area contributed by atoms with E-state index in [0.29, 0.717) is 16.3 Å². The van der Waals surface area contributed by atoms with E-state index in [1.54, 1.807) is 48.5 Å². The van der Waals surface area contributed by atoms with Crippen molar-refractivity contribution in [2.75, 3.05) is 17.1 Å².